The van der Waals surface area contributed by atoms with Crippen molar-refractivity contribution in [3.8, 4) is 5.75 Å². The Hall–Kier alpha value is -2.61. The number of anilines is 2. The largest absolute Gasteiger partial charge is 0.495 e. The second-order valence-electron chi connectivity index (χ2n) is 9.16. The van der Waals surface area contributed by atoms with Crippen LogP contribution in [0, 0.1) is 0 Å². The van der Waals surface area contributed by atoms with Crippen LogP contribution >= 0.6 is 24.8 Å². The summed E-state index contributed by atoms with van der Waals surface area (Å²) in [5, 5.41) is 4.42. The molecular formula is C26H35Cl2N5O2. The van der Waals surface area contributed by atoms with E-state index in [1.807, 2.05) is 23.1 Å². The molecule has 0 aliphatic carbocycles. The van der Waals surface area contributed by atoms with Crippen molar-refractivity contribution in [3.63, 3.8) is 0 Å². The lowest BCUT2D eigenvalue weighted by Gasteiger charge is -2.35. The van der Waals surface area contributed by atoms with E-state index in [4.69, 9.17) is 4.74 Å². The molecule has 9 heteroatoms. The van der Waals surface area contributed by atoms with Crippen molar-refractivity contribution in [1.82, 2.24) is 14.8 Å². The number of fused-ring (bicyclic) bond motifs is 1. The maximum atomic E-state index is 13.0. The summed E-state index contributed by atoms with van der Waals surface area (Å²) in [6.07, 6.45) is 4.09. The number of rotatable bonds is 4. The third-order valence-corrected chi connectivity index (χ3v) is 7.12. The molecule has 3 aromatic rings. The van der Waals surface area contributed by atoms with Crippen molar-refractivity contribution >= 4 is 53.1 Å². The quantitative estimate of drug-likeness (QED) is 0.498. The smallest absolute Gasteiger partial charge is 0.321 e. The number of aromatic amines is 1. The number of aromatic nitrogens is 1. The Balaban J connectivity index is 0.00000171. The van der Waals surface area contributed by atoms with Crippen LogP contribution in [0.5, 0.6) is 5.75 Å². The third kappa shape index (κ3) is 5.80. The molecule has 2 N–H and O–H groups in total. The van der Waals surface area contributed by atoms with E-state index in [1.165, 1.54) is 16.5 Å². The number of methoxy groups -OCH3 is 1. The lowest BCUT2D eigenvalue weighted by molar-refractivity contribution is 0.195. The number of urea groups is 1. The van der Waals surface area contributed by atoms with E-state index in [-0.39, 0.29) is 30.8 Å². The SMILES string of the molecule is COc1ccc(NC(=O)N2CCC(c3c[nH]c4ccccc34)CC2)cc1N1CCN(C)CC1.Cl.Cl. The molecule has 35 heavy (non-hydrogen) atoms. The molecule has 2 fully saturated rings. The second-order valence-corrected chi connectivity index (χ2v) is 9.16. The predicted molar refractivity (Wildman–Crippen MR) is 148 cm³/mol. The second kappa shape index (κ2) is 11.9. The number of nitrogens with one attached hydrogen (secondary N) is 2. The standard InChI is InChI=1S/C26H33N5O2.2ClH/c1-29-13-15-30(16-14-29)24-17-20(7-8-25(24)33-2)28-26(32)31-11-9-19(10-12-31)22-18-27-23-6-4-3-5-21(22)23;;/h3-8,17-19,27H,9-16H2,1-2H3,(H,28,32);2*1H. The van der Waals surface area contributed by atoms with Gasteiger partial charge in [0.1, 0.15) is 5.75 Å². The zero-order valence-electron chi connectivity index (χ0n) is 20.3. The number of carbonyl (C=O) groups excluding carboxylic acids is 1. The number of likely N-dealkylation sites (tertiary alicyclic amines) is 1. The van der Waals surface area contributed by atoms with Crippen molar-refractivity contribution in [2.45, 2.75) is 18.8 Å². The fourth-order valence-corrected chi connectivity index (χ4v) is 5.09. The minimum Gasteiger partial charge on any atom is -0.495 e. The van der Waals surface area contributed by atoms with Crippen molar-refractivity contribution in [1.29, 1.82) is 0 Å². The first-order chi connectivity index (χ1) is 16.1. The number of likely N-dealkylation sites (N-methyl/N-ethyl adjacent to an activating group) is 1. The molecule has 0 radical (unpaired) electrons. The first-order valence-electron chi connectivity index (χ1n) is 11.9. The molecule has 2 amide bonds. The molecule has 0 bridgehead atoms. The van der Waals surface area contributed by atoms with Gasteiger partial charge in [-0.05, 0) is 55.6 Å². The zero-order chi connectivity index (χ0) is 22.8. The number of H-pyrrole nitrogens is 1. The number of nitrogens with zero attached hydrogens (tertiary/aromatic N) is 3. The van der Waals surface area contributed by atoms with Crippen LogP contribution in [0.3, 0.4) is 0 Å². The Bertz CT molecular complexity index is 1120. The normalized spacial score (nSPS) is 17.0. The highest BCUT2D eigenvalue weighted by atomic mass is 35.5. The number of amides is 2. The minimum atomic E-state index is -0.0260. The molecule has 2 aliphatic heterocycles. The summed E-state index contributed by atoms with van der Waals surface area (Å²) >= 11 is 0. The number of hydrogen-bond acceptors (Lipinski definition) is 4. The molecule has 7 nitrogen and oxygen atoms in total. The number of piperazine rings is 1. The summed E-state index contributed by atoms with van der Waals surface area (Å²) < 4.78 is 5.60. The summed E-state index contributed by atoms with van der Waals surface area (Å²) in [6.45, 7) is 5.46. The Morgan fingerprint density at radius 3 is 2.43 bits per heavy atom. The molecule has 2 aromatic carbocycles. The van der Waals surface area contributed by atoms with E-state index in [2.05, 4.69) is 57.6 Å². The van der Waals surface area contributed by atoms with E-state index >= 15 is 0 Å². The number of halogens is 2. The van der Waals surface area contributed by atoms with Gasteiger partial charge in [0.15, 0.2) is 0 Å². The number of benzene rings is 2. The van der Waals surface area contributed by atoms with E-state index in [1.54, 1.807) is 7.11 Å². The van der Waals surface area contributed by atoms with Crippen LogP contribution in [0.25, 0.3) is 10.9 Å². The summed E-state index contributed by atoms with van der Waals surface area (Å²) in [7, 11) is 3.85. The molecule has 0 saturated carbocycles. The van der Waals surface area contributed by atoms with Gasteiger partial charge in [-0.25, -0.2) is 4.79 Å². The van der Waals surface area contributed by atoms with Crippen LogP contribution < -0.4 is 15.0 Å². The van der Waals surface area contributed by atoms with Gasteiger partial charge < -0.3 is 29.7 Å². The van der Waals surface area contributed by atoms with Gasteiger partial charge in [-0.2, -0.15) is 0 Å². The third-order valence-electron chi connectivity index (χ3n) is 7.12. The Morgan fingerprint density at radius 2 is 1.71 bits per heavy atom. The topological polar surface area (TPSA) is 63.8 Å². The zero-order valence-corrected chi connectivity index (χ0v) is 22.0. The monoisotopic (exact) mass is 519 g/mol. The Kier molecular flexibility index (Phi) is 9.16. The fraction of sp³-hybridized carbons (Fsp3) is 0.423. The highest BCUT2D eigenvalue weighted by molar-refractivity contribution is 5.90. The predicted octanol–water partition coefficient (Wildman–Crippen LogP) is 5.18. The molecule has 0 spiro atoms. The summed E-state index contributed by atoms with van der Waals surface area (Å²) in [5.74, 6) is 1.33. The van der Waals surface area contributed by atoms with Gasteiger partial charge in [0.2, 0.25) is 0 Å². The van der Waals surface area contributed by atoms with Gasteiger partial charge in [-0.1, -0.05) is 18.2 Å². The first-order valence-corrected chi connectivity index (χ1v) is 11.9. The summed E-state index contributed by atoms with van der Waals surface area (Å²) in [4.78, 5) is 23.0. The van der Waals surface area contributed by atoms with Gasteiger partial charge in [0, 0.05) is 62.1 Å². The fourth-order valence-electron chi connectivity index (χ4n) is 5.09. The van der Waals surface area contributed by atoms with E-state index in [0.29, 0.717) is 5.92 Å². The van der Waals surface area contributed by atoms with E-state index in [9.17, 15) is 4.79 Å². The lowest BCUT2D eigenvalue weighted by atomic mass is 9.89. The number of para-hydroxylation sites is 1. The van der Waals surface area contributed by atoms with Crippen LogP contribution in [0.4, 0.5) is 16.2 Å². The number of ether oxygens (including phenoxy) is 1. The molecular weight excluding hydrogens is 485 g/mol. The maximum Gasteiger partial charge on any atom is 0.321 e. The van der Waals surface area contributed by atoms with Gasteiger partial charge in [0.05, 0.1) is 12.8 Å². The van der Waals surface area contributed by atoms with Crippen LogP contribution in [0.15, 0.2) is 48.7 Å². The molecule has 2 saturated heterocycles. The van der Waals surface area contributed by atoms with Gasteiger partial charge in [-0.3, -0.25) is 0 Å². The summed E-state index contributed by atoms with van der Waals surface area (Å²) in [6, 6.07) is 14.3. The summed E-state index contributed by atoms with van der Waals surface area (Å²) in [5.41, 5.74) is 4.41. The molecule has 2 aliphatic rings. The van der Waals surface area contributed by atoms with Crippen LogP contribution in [0.2, 0.25) is 0 Å². The molecule has 5 rings (SSSR count). The number of hydrogen-bond donors (Lipinski definition) is 2. The highest BCUT2D eigenvalue weighted by Crippen LogP contribution is 2.34. The van der Waals surface area contributed by atoms with Crippen LogP contribution in [0.1, 0.15) is 24.3 Å². The number of piperidine rings is 1. The Morgan fingerprint density at radius 1 is 1.00 bits per heavy atom. The Labute approximate surface area is 219 Å². The van der Waals surface area contributed by atoms with Gasteiger partial charge in [0.25, 0.3) is 0 Å². The molecule has 0 unspecified atom stereocenters. The van der Waals surface area contributed by atoms with Gasteiger partial charge >= 0.3 is 6.03 Å². The molecule has 190 valence electrons. The van der Waals surface area contributed by atoms with Crippen molar-refractivity contribution < 1.29 is 9.53 Å². The van der Waals surface area contributed by atoms with Crippen molar-refractivity contribution in [2.75, 3.05) is 63.6 Å². The first kappa shape index (κ1) is 27.0. The average Bonchev–Trinajstić information content (AvgIpc) is 3.29. The molecule has 1 aromatic heterocycles. The lowest BCUT2D eigenvalue weighted by Crippen LogP contribution is -2.44. The van der Waals surface area contributed by atoms with E-state index in [0.717, 1.165) is 69.2 Å². The van der Waals surface area contributed by atoms with Crippen molar-refractivity contribution in [3.05, 3.63) is 54.2 Å². The highest BCUT2D eigenvalue weighted by Gasteiger charge is 2.26. The van der Waals surface area contributed by atoms with E-state index < -0.39 is 0 Å². The number of carbonyl (C=O) groups is 1. The molecule has 3 heterocycles. The van der Waals surface area contributed by atoms with Crippen molar-refractivity contribution in [2.24, 2.45) is 0 Å². The van der Waals surface area contributed by atoms with Gasteiger partial charge in [-0.15, -0.1) is 24.8 Å². The molecule has 0 atom stereocenters. The maximum absolute atomic E-state index is 13.0. The van der Waals surface area contributed by atoms with Crippen LogP contribution in [-0.2, 0) is 0 Å². The average molecular weight is 521 g/mol. The minimum absolute atomic E-state index is 0. The van der Waals surface area contributed by atoms with Crippen LogP contribution in [-0.4, -0.2) is 74.2 Å².